The fraction of sp³-hybridized carbons (Fsp3) is 0.176. The van der Waals surface area contributed by atoms with Crippen LogP contribution in [0.25, 0.3) is 0 Å². The molecule has 8 heteroatoms. The number of nitrogens with one attached hydrogen (secondary N) is 1. The summed E-state index contributed by atoms with van der Waals surface area (Å²) < 4.78 is 13.9. The van der Waals surface area contributed by atoms with Crippen molar-refractivity contribution in [1.82, 2.24) is 14.9 Å². The largest absolute Gasteiger partial charge is 0.493 e. The number of aromatic nitrogens is 3. The highest BCUT2D eigenvalue weighted by Gasteiger charge is 2.13. The van der Waals surface area contributed by atoms with Crippen LogP contribution in [0.2, 0.25) is 5.02 Å². The van der Waals surface area contributed by atoms with Gasteiger partial charge in [0, 0.05) is 10.6 Å². The predicted molar refractivity (Wildman–Crippen MR) is 99.6 cm³/mol. The molecule has 3 rings (SSSR count). The molecule has 6 nitrogen and oxygen atoms in total. The highest BCUT2D eigenvalue weighted by Crippen LogP contribution is 2.37. The molecule has 0 unspecified atom stereocenters. The van der Waals surface area contributed by atoms with Crippen LogP contribution < -0.4 is 14.9 Å². The number of ether oxygens (including phenoxy) is 2. The number of methoxy groups -OCH3 is 1. The Morgan fingerprint density at radius 1 is 1.20 bits per heavy atom. The van der Waals surface area contributed by atoms with E-state index in [4.69, 9.17) is 21.1 Å². The summed E-state index contributed by atoms with van der Waals surface area (Å²) in [5.74, 6) is 1.28. The van der Waals surface area contributed by atoms with E-state index >= 15 is 0 Å². The van der Waals surface area contributed by atoms with Gasteiger partial charge in [0.05, 0.1) is 18.1 Å². The van der Waals surface area contributed by atoms with Gasteiger partial charge in [0.1, 0.15) is 19.3 Å². The van der Waals surface area contributed by atoms with Crippen LogP contribution in [-0.4, -0.2) is 22.0 Å². The fourth-order valence-electron chi connectivity index (χ4n) is 2.25. The Hall–Kier alpha value is -2.25. The average Bonchev–Trinajstić information content (AvgIpc) is 3.13. The number of halogens is 2. The molecule has 0 bridgehead atoms. The van der Waals surface area contributed by atoms with Gasteiger partial charge >= 0.3 is 0 Å². The van der Waals surface area contributed by atoms with Gasteiger partial charge < -0.3 is 14.9 Å². The zero-order valence-corrected chi connectivity index (χ0v) is 15.8. The molecule has 1 heterocycles. The highest BCUT2D eigenvalue weighted by atomic mass is 79.9. The second kappa shape index (κ2) is 8.22. The van der Waals surface area contributed by atoms with Crippen LogP contribution in [0.5, 0.6) is 11.5 Å². The Labute approximate surface area is 158 Å². The highest BCUT2D eigenvalue weighted by molar-refractivity contribution is 9.10. The zero-order chi connectivity index (χ0) is 17.6. The van der Waals surface area contributed by atoms with Crippen molar-refractivity contribution >= 4 is 27.5 Å². The van der Waals surface area contributed by atoms with E-state index < -0.39 is 0 Å². The van der Waals surface area contributed by atoms with Crippen molar-refractivity contribution in [3.8, 4) is 11.5 Å². The van der Waals surface area contributed by atoms with E-state index in [2.05, 4.69) is 31.6 Å². The Kier molecular flexibility index (Phi) is 5.78. The smallest absolute Gasteiger partial charge is 0.175 e. The van der Waals surface area contributed by atoms with Gasteiger partial charge in [-0.15, -0.1) is 10.2 Å². The quantitative estimate of drug-likeness (QED) is 0.622. The molecule has 0 aliphatic carbocycles. The van der Waals surface area contributed by atoms with Gasteiger partial charge in [0.15, 0.2) is 11.5 Å². The third-order valence-corrected chi connectivity index (χ3v) is 4.46. The molecule has 0 amide bonds. The SMILES string of the molecule is COc1cc(CNn2cnnc2)cc(Br)c1OCc1ccccc1Cl. The molecule has 0 aliphatic heterocycles. The number of hydrogen-bond donors (Lipinski definition) is 1. The summed E-state index contributed by atoms with van der Waals surface area (Å²) >= 11 is 9.73. The Morgan fingerprint density at radius 2 is 1.96 bits per heavy atom. The molecule has 3 aromatic rings. The molecule has 25 heavy (non-hydrogen) atoms. The van der Waals surface area contributed by atoms with Gasteiger partial charge in [-0.25, -0.2) is 4.68 Å². The van der Waals surface area contributed by atoms with Crippen molar-refractivity contribution in [2.24, 2.45) is 0 Å². The van der Waals surface area contributed by atoms with Gasteiger partial charge in [0.2, 0.25) is 0 Å². The van der Waals surface area contributed by atoms with Crippen LogP contribution in [0.4, 0.5) is 0 Å². The molecule has 1 aromatic heterocycles. The van der Waals surface area contributed by atoms with Gasteiger partial charge in [0.25, 0.3) is 0 Å². The summed E-state index contributed by atoms with van der Waals surface area (Å²) in [5, 5.41) is 8.17. The average molecular weight is 424 g/mol. The first-order chi connectivity index (χ1) is 12.2. The van der Waals surface area contributed by atoms with Crippen molar-refractivity contribution in [2.75, 3.05) is 12.5 Å². The summed E-state index contributed by atoms with van der Waals surface area (Å²) in [6, 6.07) is 11.5. The molecule has 0 fully saturated rings. The molecule has 0 saturated heterocycles. The first-order valence-electron chi connectivity index (χ1n) is 7.48. The van der Waals surface area contributed by atoms with E-state index in [0.717, 1.165) is 15.6 Å². The molecular formula is C17H16BrClN4O2. The minimum absolute atomic E-state index is 0.354. The van der Waals surface area contributed by atoms with E-state index in [1.807, 2.05) is 36.4 Å². The summed E-state index contributed by atoms with van der Waals surface area (Å²) in [4.78, 5) is 0. The van der Waals surface area contributed by atoms with Crippen LogP contribution in [0.1, 0.15) is 11.1 Å². The van der Waals surface area contributed by atoms with Crippen LogP contribution in [-0.2, 0) is 13.2 Å². The number of benzene rings is 2. The van der Waals surface area contributed by atoms with Crippen molar-refractivity contribution in [3.63, 3.8) is 0 Å². The van der Waals surface area contributed by atoms with Crippen LogP contribution in [0.15, 0.2) is 53.5 Å². The van der Waals surface area contributed by atoms with Gasteiger partial charge in [-0.05, 0) is 39.7 Å². The van der Waals surface area contributed by atoms with Gasteiger partial charge in [-0.3, -0.25) is 0 Å². The third-order valence-electron chi connectivity index (χ3n) is 3.50. The zero-order valence-electron chi connectivity index (χ0n) is 13.4. The van der Waals surface area contributed by atoms with Crippen molar-refractivity contribution in [2.45, 2.75) is 13.2 Å². The van der Waals surface area contributed by atoms with Gasteiger partial charge in [-0.1, -0.05) is 29.8 Å². The maximum absolute atomic E-state index is 6.18. The fourth-order valence-corrected chi connectivity index (χ4v) is 3.04. The molecule has 1 N–H and O–H groups in total. The summed E-state index contributed by atoms with van der Waals surface area (Å²) in [6.45, 7) is 0.935. The molecule has 0 radical (unpaired) electrons. The molecular weight excluding hydrogens is 408 g/mol. The van der Waals surface area contributed by atoms with E-state index in [1.165, 1.54) is 0 Å². The lowest BCUT2D eigenvalue weighted by atomic mass is 10.2. The van der Waals surface area contributed by atoms with Crippen LogP contribution in [0, 0.1) is 0 Å². The Morgan fingerprint density at radius 3 is 2.68 bits per heavy atom. The molecule has 0 spiro atoms. The Bertz CT molecular complexity index is 843. The molecule has 0 aliphatic rings. The first-order valence-corrected chi connectivity index (χ1v) is 8.65. The number of hydrogen-bond acceptors (Lipinski definition) is 5. The number of rotatable bonds is 7. The first kappa shape index (κ1) is 17.6. The molecule has 2 aromatic carbocycles. The van der Waals surface area contributed by atoms with Crippen molar-refractivity contribution in [1.29, 1.82) is 0 Å². The van der Waals surface area contributed by atoms with E-state index in [9.17, 15) is 0 Å². The van der Waals surface area contributed by atoms with Crippen molar-refractivity contribution < 1.29 is 9.47 Å². The predicted octanol–water partition coefficient (Wildman–Crippen LogP) is 4.03. The standard InChI is InChI=1S/C17H16BrClN4O2/c1-24-16-7-12(8-22-23-10-20-21-11-23)6-14(18)17(16)25-9-13-4-2-3-5-15(13)19/h2-7,10-11,22H,8-9H2,1H3. The minimum atomic E-state index is 0.354. The number of nitrogens with zero attached hydrogens (tertiary/aromatic N) is 3. The second-order valence-corrected chi connectivity index (χ2v) is 6.45. The monoisotopic (exact) mass is 422 g/mol. The van der Waals surface area contributed by atoms with E-state index in [-0.39, 0.29) is 0 Å². The van der Waals surface area contributed by atoms with Crippen LogP contribution in [0.3, 0.4) is 0 Å². The summed E-state index contributed by atoms with van der Waals surface area (Å²) in [7, 11) is 1.61. The molecule has 130 valence electrons. The maximum Gasteiger partial charge on any atom is 0.175 e. The Balaban J connectivity index is 1.74. The topological polar surface area (TPSA) is 61.2 Å². The molecule has 0 atom stereocenters. The summed E-state index contributed by atoms with van der Waals surface area (Å²) in [5.41, 5.74) is 5.09. The van der Waals surface area contributed by atoms with Gasteiger partial charge in [-0.2, -0.15) is 0 Å². The minimum Gasteiger partial charge on any atom is -0.493 e. The maximum atomic E-state index is 6.18. The van der Waals surface area contributed by atoms with E-state index in [0.29, 0.717) is 29.7 Å². The third kappa shape index (κ3) is 4.43. The second-order valence-electron chi connectivity index (χ2n) is 5.19. The normalized spacial score (nSPS) is 10.5. The lowest BCUT2D eigenvalue weighted by Gasteiger charge is -2.15. The lowest BCUT2D eigenvalue weighted by molar-refractivity contribution is 0.282. The van der Waals surface area contributed by atoms with E-state index in [1.54, 1.807) is 24.4 Å². The van der Waals surface area contributed by atoms with Crippen LogP contribution >= 0.6 is 27.5 Å². The van der Waals surface area contributed by atoms with Crippen molar-refractivity contribution in [3.05, 3.63) is 69.7 Å². The molecule has 0 saturated carbocycles. The summed E-state index contributed by atoms with van der Waals surface area (Å²) in [6.07, 6.45) is 3.18. The lowest BCUT2D eigenvalue weighted by Crippen LogP contribution is -2.12.